The van der Waals surface area contributed by atoms with Gasteiger partial charge >= 0.3 is 0 Å². The van der Waals surface area contributed by atoms with Crippen molar-refractivity contribution in [2.24, 2.45) is 0 Å². The van der Waals surface area contributed by atoms with Crippen molar-refractivity contribution >= 4 is 15.9 Å². The normalized spacial score (nSPS) is 11.8. The molecule has 0 saturated carbocycles. The molecule has 0 spiro atoms. The Kier molecular flexibility index (Phi) is 3.67. The molecule has 2 aromatic rings. The summed E-state index contributed by atoms with van der Waals surface area (Å²) in [7, 11) is -3.99. The Balaban J connectivity index is 2.23. The fourth-order valence-electron chi connectivity index (χ4n) is 1.59. The molecule has 20 heavy (non-hydrogen) atoms. The summed E-state index contributed by atoms with van der Waals surface area (Å²) in [4.78, 5) is 15.7. The largest absolute Gasteiger partial charge is 0.469 e. The first-order valence-corrected chi connectivity index (χ1v) is 7.44. The molecule has 0 aromatic carbocycles. The maximum atomic E-state index is 12.0. The van der Waals surface area contributed by atoms with Gasteiger partial charge in [-0.05, 0) is 26.8 Å². The molecule has 0 fully saturated rings. The van der Waals surface area contributed by atoms with E-state index in [-0.39, 0.29) is 16.6 Å². The Morgan fingerprint density at radius 2 is 2.15 bits per heavy atom. The number of rotatable bonds is 4. The zero-order valence-electron chi connectivity index (χ0n) is 11.3. The smallest absolute Gasteiger partial charge is 0.283 e. The second-order valence-corrected chi connectivity index (χ2v) is 6.21. The van der Waals surface area contributed by atoms with E-state index in [4.69, 9.17) is 4.42 Å². The van der Waals surface area contributed by atoms with Gasteiger partial charge in [-0.2, -0.15) is 8.42 Å². The summed E-state index contributed by atoms with van der Waals surface area (Å²) in [6, 6.07) is 1.49. The number of carbonyl (C=O) groups excluding carboxylic acids is 1. The Morgan fingerprint density at radius 1 is 1.45 bits per heavy atom. The minimum Gasteiger partial charge on any atom is -0.469 e. The predicted octanol–water partition coefficient (Wildman–Crippen LogP) is 1.48. The molecule has 2 heterocycles. The highest BCUT2D eigenvalue weighted by atomic mass is 32.2. The second kappa shape index (κ2) is 5.12. The first-order chi connectivity index (χ1) is 9.31. The zero-order chi connectivity index (χ0) is 14.9. The van der Waals surface area contributed by atoms with Crippen molar-refractivity contribution in [1.82, 2.24) is 14.3 Å². The lowest BCUT2D eigenvalue weighted by Crippen LogP contribution is -2.31. The summed E-state index contributed by atoms with van der Waals surface area (Å²) in [5.41, 5.74) is 0.178. The van der Waals surface area contributed by atoms with Gasteiger partial charge in [-0.15, -0.1) is 0 Å². The fourth-order valence-corrected chi connectivity index (χ4v) is 2.49. The van der Waals surface area contributed by atoms with Crippen molar-refractivity contribution in [2.75, 3.05) is 0 Å². The Labute approximate surface area is 116 Å². The van der Waals surface area contributed by atoms with Crippen molar-refractivity contribution in [2.45, 2.75) is 31.8 Å². The lowest BCUT2D eigenvalue weighted by molar-refractivity contribution is 0.0980. The molecule has 7 nitrogen and oxygen atoms in total. The van der Waals surface area contributed by atoms with Gasteiger partial charge in [0, 0.05) is 12.2 Å². The van der Waals surface area contributed by atoms with Gasteiger partial charge in [-0.1, -0.05) is 0 Å². The third-order valence-corrected chi connectivity index (χ3v) is 4.00. The quantitative estimate of drug-likeness (QED) is 0.922. The minimum absolute atomic E-state index is 0.0817. The Hall–Kier alpha value is -2.09. The molecule has 0 saturated heterocycles. The van der Waals surface area contributed by atoms with Gasteiger partial charge in [0.05, 0.1) is 18.2 Å². The van der Waals surface area contributed by atoms with E-state index in [1.807, 2.05) is 18.6 Å². The van der Waals surface area contributed by atoms with E-state index >= 15 is 0 Å². The van der Waals surface area contributed by atoms with E-state index in [2.05, 4.69) is 4.98 Å². The van der Waals surface area contributed by atoms with Gasteiger partial charge in [0.25, 0.3) is 15.9 Å². The minimum atomic E-state index is -3.99. The molecule has 0 aliphatic carbocycles. The number of sulfonamides is 1. The summed E-state index contributed by atoms with van der Waals surface area (Å²) in [6.45, 7) is 5.37. The molecule has 2 aromatic heterocycles. The summed E-state index contributed by atoms with van der Waals surface area (Å²) in [5, 5.41) is -0.194. The molecule has 0 radical (unpaired) electrons. The fraction of sp³-hybridized carbons (Fsp3) is 0.333. The number of hydrogen-bond donors (Lipinski definition) is 1. The van der Waals surface area contributed by atoms with E-state index < -0.39 is 15.9 Å². The SMILES string of the molecule is Cc1occc1C(=O)NS(=O)(=O)c1cn(C(C)C)cn1. The van der Waals surface area contributed by atoms with Crippen molar-refractivity contribution in [3.05, 3.63) is 36.2 Å². The van der Waals surface area contributed by atoms with Crippen LogP contribution in [0.2, 0.25) is 0 Å². The van der Waals surface area contributed by atoms with Crippen LogP contribution in [0.3, 0.4) is 0 Å². The van der Waals surface area contributed by atoms with Crippen LogP contribution in [0.25, 0.3) is 0 Å². The third-order valence-electron chi connectivity index (χ3n) is 2.78. The van der Waals surface area contributed by atoms with Crippen LogP contribution in [0.15, 0.2) is 34.3 Å². The maximum Gasteiger partial charge on any atom is 0.283 e. The van der Waals surface area contributed by atoms with Gasteiger partial charge in [0.15, 0.2) is 5.03 Å². The average Bonchev–Trinajstić information content (AvgIpc) is 2.96. The molecule has 1 N–H and O–H groups in total. The maximum absolute atomic E-state index is 12.0. The van der Waals surface area contributed by atoms with Crippen LogP contribution in [0.1, 0.15) is 36.0 Å². The van der Waals surface area contributed by atoms with E-state index in [0.29, 0.717) is 5.76 Å². The van der Waals surface area contributed by atoms with E-state index in [1.54, 1.807) is 11.5 Å². The third kappa shape index (κ3) is 2.74. The molecule has 0 aliphatic heterocycles. The number of furan rings is 1. The van der Waals surface area contributed by atoms with Crippen molar-refractivity contribution < 1.29 is 17.6 Å². The number of carbonyl (C=O) groups is 1. The lowest BCUT2D eigenvalue weighted by Gasteiger charge is -2.05. The number of nitrogens with one attached hydrogen (secondary N) is 1. The summed E-state index contributed by atoms with van der Waals surface area (Å²) >= 11 is 0. The number of nitrogens with zero attached hydrogens (tertiary/aromatic N) is 2. The number of imidazole rings is 1. The first-order valence-electron chi connectivity index (χ1n) is 5.96. The molecule has 1 amide bonds. The number of aryl methyl sites for hydroxylation is 1. The lowest BCUT2D eigenvalue weighted by atomic mass is 10.2. The standard InChI is InChI=1S/C12H15N3O4S/c1-8(2)15-6-11(13-7-15)20(17,18)14-12(16)10-4-5-19-9(10)3/h4-8H,1-3H3,(H,14,16). The predicted molar refractivity (Wildman–Crippen MR) is 70.7 cm³/mol. The molecule has 108 valence electrons. The monoisotopic (exact) mass is 297 g/mol. The van der Waals surface area contributed by atoms with E-state index in [9.17, 15) is 13.2 Å². The van der Waals surface area contributed by atoms with E-state index in [1.165, 1.54) is 24.9 Å². The molecule has 0 bridgehead atoms. The zero-order valence-corrected chi connectivity index (χ0v) is 12.1. The van der Waals surface area contributed by atoms with Gasteiger partial charge < -0.3 is 8.98 Å². The highest BCUT2D eigenvalue weighted by Gasteiger charge is 2.23. The van der Waals surface area contributed by atoms with Crippen molar-refractivity contribution in [1.29, 1.82) is 0 Å². The first kappa shape index (κ1) is 14.3. The molecular weight excluding hydrogens is 282 g/mol. The Bertz CT molecular complexity index is 727. The van der Waals surface area contributed by atoms with Gasteiger partial charge in [-0.3, -0.25) is 4.79 Å². The van der Waals surface area contributed by atoms with Gasteiger partial charge in [-0.25, -0.2) is 9.71 Å². The average molecular weight is 297 g/mol. The van der Waals surface area contributed by atoms with Crippen LogP contribution >= 0.6 is 0 Å². The van der Waals surface area contributed by atoms with Crippen molar-refractivity contribution in [3.8, 4) is 0 Å². The number of amides is 1. The van der Waals surface area contributed by atoms with Crippen LogP contribution in [-0.2, 0) is 10.0 Å². The summed E-state index contributed by atoms with van der Waals surface area (Å²) in [5.74, 6) is -0.388. The van der Waals surface area contributed by atoms with Crippen molar-refractivity contribution in [3.63, 3.8) is 0 Å². The summed E-state index contributed by atoms with van der Waals surface area (Å²) in [6.07, 6.45) is 4.11. The highest BCUT2D eigenvalue weighted by molar-refractivity contribution is 7.90. The molecule has 0 aliphatic rings. The molecule has 0 atom stereocenters. The molecular formula is C12H15N3O4S. The van der Waals surface area contributed by atoms with Crippen LogP contribution in [-0.4, -0.2) is 23.9 Å². The van der Waals surface area contributed by atoms with E-state index in [0.717, 1.165) is 0 Å². The number of hydrogen-bond acceptors (Lipinski definition) is 5. The molecule has 0 unspecified atom stereocenters. The highest BCUT2D eigenvalue weighted by Crippen LogP contribution is 2.13. The van der Waals surface area contributed by atoms with Gasteiger partial charge in [0.1, 0.15) is 5.76 Å². The van der Waals surface area contributed by atoms with Crippen LogP contribution in [0.4, 0.5) is 0 Å². The molecule has 8 heteroatoms. The van der Waals surface area contributed by atoms with Crippen LogP contribution < -0.4 is 4.72 Å². The van der Waals surface area contributed by atoms with Gasteiger partial charge in [0.2, 0.25) is 0 Å². The summed E-state index contributed by atoms with van der Waals surface area (Å²) < 4.78 is 32.7. The second-order valence-electron chi connectivity index (χ2n) is 4.58. The van der Waals surface area contributed by atoms with Crippen LogP contribution in [0.5, 0.6) is 0 Å². The number of aromatic nitrogens is 2. The van der Waals surface area contributed by atoms with Crippen LogP contribution in [0, 0.1) is 6.92 Å². The Morgan fingerprint density at radius 3 is 2.65 bits per heavy atom. The topological polar surface area (TPSA) is 94.2 Å². The molecule has 2 rings (SSSR count).